The van der Waals surface area contributed by atoms with Gasteiger partial charge >= 0.3 is 0 Å². The first-order chi connectivity index (χ1) is 11.2. The highest BCUT2D eigenvalue weighted by atomic mass is 32.1. The third kappa shape index (κ3) is 4.56. The summed E-state index contributed by atoms with van der Waals surface area (Å²) >= 11 is 1.64. The number of hydrogen-bond donors (Lipinski definition) is 2. The summed E-state index contributed by atoms with van der Waals surface area (Å²) in [5.74, 6) is -0.0229. The van der Waals surface area contributed by atoms with Gasteiger partial charge in [0.05, 0.1) is 31.1 Å². The number of rotatable bonds is 7. The van der Waals surface area contributed by atoms with Crippen molar-refractivity contribution in [1.82, 2.24) is 15.1 Å². The molecule has 1 aliphatic rings. The molecule has 2 aromatic rings. The molecule has 23 heavy (non-hydrogen) atoms. The average Bonchev–Trinajstić information content (AvgIpc) is 3.28. The largest absolute Gasteiger partial charge is 0.376 e. The normalized spacial score (nSPS) is 18.7. The van der Waals surface area contributed by atoms with Crippen molar-refractivity contribution in [2.45, 2.75) is 45.0 Å². The minimum atomic E-state index is -0.310. The van der Waals surface area contributed by atoms with E-state index in [9.17, 15) is 4.79 Å². The fourth-order valence-electron chi connectivity index (χ4n) is 2.59. The van der Waals surface area contributed by atoms with Crippen LogP contribution in [0.3, 0.4) is 0 Å². The first kappa shape index (κ1) is 16.0. The lowest BCUT2D eigenvalue weighted by Gasteiger charge is -2.13. The quantitative estimate of drug-likeness (QED) is 0.815. The second-order valence-electron chi connectivity index (χ2n) is 5.75. The monoisotopic (exact) mass is 334 g/mol. The number of thiophene rings is 1. The fraction of sp³-hybridized carbons (Fsp3) is 0.500. The minimum absolute atomic E-state index is 0.0229. The van der Waals surface area contributed by atoms with Crippen molar-refractivity contribution < 1.29 is 9.53 Å². The van der Waals surface area contributed by atoms with Crippen LogP contribution < -0.4 is 10.6 Å². The van der Waals surface area contributed by atoms with Crippen LogP contribution in [0.1, 0.15) is 24.6 Å². The van der Waals surface area contributed by atoms with Crippen LogP contribution in [0.15, 0.2) is 29.9 Å². The fourth-order valence-corrected chi connectivity index (χ4v) is 3.24. The molecule has 1 amide bonds. The zero-order chi connectivity index (χ0) is 16.1. The van der Waals surface area contributed by atoms with E-state index < -0.39 is 0 Å². The van der Waals surface area contributed by atoms with Gasteiger partial charge in [0.25, 0.3) is 0 Å². The van der Waals surface area contributed by atoms with E-state index in [1.54, 1.807) is 17.5 Å². The van der Waals surface area contributed by atoms with Gasteiger partial charge in [0.2, 0.25) is 5.91 Å². The molecule has 0 saturated carbocycles. The maximum atomic E-state index is 12.1. The molecule has 0 bridgehead atoms. The Kier molecular flexibility index (Phi) is 5.30. The summed E-state index contributed by atoms with van der Waals surface area (Å²) in [6.07, 6.45) is 6.14. The second kappa shape index (κ2) is 7.61. The van der Waals surface area contributed by atoms with Gasteiger partial charge in [-0.25, -0.2) is 0 Å². The third-order valence-corrected chi connectivity index (χ3v) is 4.72. The van der Waals surface area contributed by atoms with E-state index in [1.807, 2.05) is 35.3 Å². The number of ether oxygens (including phenoxy) is 1. The standard InChI is InChI=1S/C16H22N4O2S/c1-12(16(21)17-9-15-5-3-7-23-15)19-13-8-18-20(10-13)11-14-4-2-6-22-14/h3,5,7-8,10,12,14,19H,2,4,6,9,11H2,1H3,(H,17,21). The summed E-state index contributed by atoms with van der Waals surface area (Å²) in [4.78, 5) is 13.3. The molecular weight excluding hydrogens is 312 g/mol. The highest BCUT2D eigenvalue weighted by molar-refractivity contribution is 7.09. The van der Waals surface area contributed by atoms with Crippen molar-refractivity contribution >= 4 is 22.9 Å². The zero-order valence-electron chi connectivity index (χ0n) is 13.2. The van der Waals surface area contributed by atoms with Crippen LogP contribution in [-0.2, 0) is 22.6 Å². The van der Waals surface area contributed by atoms with Gasteiger partial charge in [0.1, 0.15) is 6.04 Å². The van der Waals surface area contributed by atoms with Gasteiger partial charge in [0.15, 0.2) is 0 Å². The van der Waals surface area contributed by atoms with Gasteiger partial charge in [0, 0.05) is 17.7 Å². The van der Waals surface area contributed by atoms with Crippen LogP contribution in [0, 0.1) is 0 Å². The van der Waals surface area contributed by atoms with Gasteiger partial charge in [-0.1, -0.05) is 6.07 Å². The summed E-state index contributed by atoms with van der Waals surface area (Å²) in [6.45, 7) is 4.03. The Labute approximate surface area is 139 Å². The van der Waals surface area contributed by atoms with Crippen molar-refractivity contribution in [2.75, 3.05) is 11.9 Å². The molecule has 1 aliphatic heterocycles. The molecule has 2 N–H and O–H groups in total. The van der Waals surface area contributed by atoms with Crippen molar-refractivity contribution in [3.8, 4) is 0 Å². The lowest BCUT2D eigenvalue weighted by atomic mass is 10.2. The van der Waals surface area contributed by atoms with Gasteiger partial charge < -0.3 is 15.4 Å². The van der Waals surface area contributed by atoms with E-state index in [4.69, 9.17) is 4.74 Å². The Bertz CT molecular complexity index is 620. The maximum Gasteiger partial charge on any atom is 0.242 e. The van der Waals surface area contributed by atoms with Crippen LogP contribution in [0.25, 0.3) is 0 Å². The molecule has 0 aliphatic carbocycles. The van der Waals surface area contributed by atoms with Crippen molar-refractivity contribution in [3.63, 3.8) is 0 Å². The van der Waals surface area contributed by atoms with Crippen LogP contribution >= 0.6 is 11.3 Å². The Morgan fingerprint density at radius 2 is 2.52 bits per heavy atom. The van der Waals surface area contributed by atoms with Crippen LogP contribution in [0.2, 0.25) is 0 Å². The van der Waals surface area contributed by atoms with E-state index in [2.05, 4.69) is 15.7 Å². The Balaban J connectivity index is 1.46. The summed E-state index contributed by atoms with van der Waals surface area (Å²) in [5.41, 5.74) is 0.849. The number of carbonyl (C=O) groups excluding carboxylic acids is 1. The van der Waals surface area contributed by atoms with Crippen LogP contribution in [-0.4, -0.2) is 34.4 Å². The molecule has 7 heteroatoms. The summed E-state index contributed by atoms with van der Waals surface area (Å²) in [6, 6.07) is 3.68. The molecule has 0 spiro atoms. The number of nitrogens with one attached hydrogen (secondary N) is 2. The van der Waals surface area contributed by atoms with E-state index in [0.29, 0.717) is 6.54 Å². The molecule has 3 rings (SSSR count). The third-order valence-electron chi connectivity index (χ3n) is 3.84. The molecule has 2 aromatic heterocycles. The number of anilines is 1. The Hall–Kier alpha value is -1.86. The summed E-state index contributed by atoms with van der Waals surface area (Å²) in [7, 11) is 0. The molecule has 0 aromatic carbocycles. The maximum absolute atomic E-state index is 12.1. The van der Waals surface area contributed by atoms with Crippen LogP contribution in [0.4, 0.5) is 5.69 Å². The molecule has 124 valence electrons. The molecule has 3 heterocycles. The number of amides is 1. The number of aromatic nitrogens is 2. The lowest BCUT2D eigenvalue weighted by Crippen LogP contribution is -2.36. The smallest absolute Gasteiger partial charge is 0.242 e. The Morgan fingerprint density at radius 3 is 3.26 bits per heavy atom. The average molecular weight is 334 g/mol. The zero-order valence-corrected chi connectivity index (χ0v) is 14.0. The molecule has 2 unspecified atom stereocenters. The number of nitrogens with zero attached hydrogens (tertiary/aromatic N) is 2. The predicted octanol–water partition coefficient (Wildman–Crippen LogP) is 2.24. The number of hydrogen-bond acceptors (Lipinski definition) is 5. The molecule has 2 atom stereocenters. The van der Waals surface area contributed by atoms with Gasteiger partial charge in [-0.15, -0.1) is 11.3 Å². The first-order valence-corrected chi connectivity index (χ1v) is 8.79. The van der Waals surface area contributed by atoms with Crippen molar-refractivity contribution in [3.05, 3.63) is 34.8 Å². The van der Waals surface area contributed by atoms with Gasteiger partial charge in [-0.2, -0.15) is 5.10 Å². The summed E-state index contributed by atoms with van der Waals surface area (Å²) in [5, 5.41) is 12.4. The molecule has 1 fully saturated rings. The van der Waals surface area contributed by atoms with E-state index in [-0.39, 0.29) is 18.1 Å². The van der Waals surface area contributed by atoms with E-state index >= 15 is 0 Å². The topological polar surface area (TPSA) is 68.2 Å². The lowest BCUT2D eigenvalue weighted by molar-refractivity contribution is -0.121. The highest BCUT2D eigenvalue weighted by Gasteiger charge is 2.17. The van der Waals surface area contributed by atoms with Gasteiger partial charge in [-0.05, 0) is 31.2 Å². The molecule has 6 nitrogen and oxygen atoms in total. The van der Waals surface area contributed by atoms with Crippen molar-refractivity contribution in [2.24, 2.45) is 0 Å². The predicted molar refractivity (Wildman–Crippen MR) is 90.5 cm³/mol. The SMILES string of the molecule is CC(Nc1cnn(CC2CCCO2)c1)C(=O)NCc1cccs1. The number of carbonyl (C=O) groups is 1. The van der Waals surface area contributed by atoms with Gasteiger partial charge in [-0.3, -0.25) is 9.48 Å². The molecular formula is C16H22N4O2S. The Morgan fingerprint density at radius 1 is 1.61 bits per heavy atom. The van der Waals surface area contributed by atoms with Crippen LogP contribution in [0.5, 0.6) is 0 Å². The highest BCUT2D eigenvalue weighted by Crippen LogP contribution is 2.15. The van der Waals surface area contributed by atoms with Crippen molar-refractivity contribution in [1.29, 1.82) is 0 Å². The molecule has 1 saturated heterocycles. The second-order valence-corrected chi connectivity index (χ2v) is 6.78. The summed E-state index contributed by atoms with van der Waals surface area (Å²) < 4.78 is 7.48. The van der Waals surface area contributed by atoms with E-state index in [1.165, 1.54) is 0 Å². The minimum Gasteiger partial charge on any atom is -0.376 e. The molecule has 0 radical (unpaired) electrons. The van der Waals surface area contributed by atoms with E-state index in [0.717, 1.165) is 36.6 Å². The first-order valence-electron chi connectivity index (χ1n) is 7.91.